The van der Waals surface area contributed by atoms with E-state index < -0.39 is 0 Å². The number of aromatic nitrogens is 1. The molecule has 1 N–H and O–H groups in total. The zero-order chi connectivity index (χ0) is 13.8. The molecule has 0 saturated carbocycles. The van der Waals surface area contributed by atoms with E-state index >= 15 is 0 Å². The number of hydrogen-bond acceptors (Lipinski definition) is 4. The third-order valence-electron chi connectivity index (χ3n) is 2.84. The maximum Gasteiger partial charge on any atom is 0.187 e. The van der Waals surface area contributed by atoms with E-state index in [2.05, 4.69) is 16.4 Å². The van der Waals surface area contributed by atoms with E-state index in [1.807, 2.05) is 47.8 Å². The SMILES string of the molecule is N#Cc1ccc(Nc2nc(-c3ccccc3)cs2)cc1. The summed E-state index contributed by atoms with van der Waals surface area (Å²) in [4.78, 5) is 4.56. The average Bonchev–Trinajstić information content (AvgIpc) is 2.97. The fourth-order valence-electron chi connectivity index (χ4n) is 1.82. The molecule has 3 nitrogen and oxygen atoms in total. The largest absolute Gasteiger partial charge is 0.332 e. The lowest BCUT2D eigenvalue weighted by Crippen LogP contribution is -1.89. The molecule has 0 saturated heterocycles. The highest BCUT2D eigenvalue weighted by Gasteiger charge is 2.04. The van der Waals surface area contributed by atoms with E-state index in [-0.39, 0.29) is 0 Å². The lowest BCUT2D eigenvalue weighted by molar-refractivity contribution is 1.38. The average molecular weight is 277 g/mol. The number of nitrogens with one attached hydrogen (secondary N) is 1. The molecule has 0 amide bonds. The highest BCUT2D eigenvalue weighted by atomic mass is 32.1. The van der Waals surface area contributed by atoms with Gasteiger partial charge in [0, 0.05) is 16.6 Å². The van der Waals surface area contributed by atoms with Crippen molar-refractivity contribution in [2.75, 3.05) is 5.32 Å². The number of benzene rings is 2. The van der Waals surface area contributed by atoms with Crippen LogP contribution in [0, 0.1) is 11.3 Å². The molecule has 1 aromatic heterocycles. The van der Waals surface area contributed by atoms with Gasteiger partial charge in [0.2, 0.25) is 0 Å². The Labute approximate surface area is 121 Å². The number of nitrogens with zero attached hydrogens (tertiary/aromatic N) is 2. The van der Waals surface area contributed by atoms with Crippen LogP contribution in [0.4, 0.5) is 10.8 Å². The number of nitriles is 1. The minimum absolute atomic E-state index is 0.652. The summed E-state index contributed by atoms with van der Waals surface area (Å²) in [5.41, 5.74) is 3.65. The quantitative estimate of drug-likeness (QED) is 0.770. The standard InChI is InChI=1S/C16H11N3S/c17-10-12-6-8-14(9-7-12)18-16-19-15(11-20-16)13-4-2-1-3-5-13/h1-9,11H,(H,18,19). The molecule has 3 rings (SSSR count). The zero-order valence-corrected chi connectivity index (χ0v) is 11.4. The molecule has 0 radical (unpaired) electrons. The van der Waals surface area contributed by atoms with Gasteiger partial charge in [0.1, 0.15) is 0 Å². The van der Waals surface area contributed by atoms with Gasteiger partial charge in [0.25, 0.3) is 0 Å². The van der Waals surface area contributed by atoms with Crippen LogP contribution in [0.15, 0.2) is 60.0 Å². The highest BCUT2D eigenvalue weighted by molar-refractivity contribution is 7.14. The number of anilines is 2. The summed E-state index contributed by atoms with van der Waals surface area (Å²) in [6.07, 6.45) is 0. The van der Waals surface area contributed by atoms with Gasteiger partial charge in [-0.25, -0.2) is 4.98 Å². The van der Waals surface area contributed by atoms with Crippen molar-refractivity contribution in [3.63, 3.8) is 0 Å². The van der Waals surface area contributed by atoms with Gasteiger partial charge >= 0.3 is 0 Å². The van der Waals surface area contributed by atoms with Crippen molar-refractivity contribution in [1.82, 2.24) is 4.98 Å². The smallest absolute Gasteiger partial charge is 0.187 e. The molecule has 0 aliphatic heterocycles. The summed E-state index contributed by atoms with van der Waals surface area (Å²) in [6, 6.07) is 19.5. The Morgan fingerprint density at radius 1 is 1.00 bits per heavy atom. The normalized spacial score (nSPS) is 9.95. The van der Waals surface area contributed by atoms with Crippen molar-refractivity contribution < 1.29 is 0 Å². The lowest BCUT2D eigenvalue weighted by Gasteiger charge is -2.01. The van der Waals surface area contributed by atoms with E-state index in [1.54, 1.807) is 23.5 Å². The molecule has 0 spiro atoms. The van der Waals surface area contributed by atoms with Crippen LogP contribution in [0.5, 0.6) is 0 Å². The minimum Gasteiger partial charge on any atom is -0.332 e. The molecule has 0 bridgehead atoms. The van der Waals surface area contributed by atoms with Crippen molar-refractivity contribution in [1.29, 1.82) is 5.26 Å². The first-order valence-electron chi connectivity index (χ1n) is 6.13. The van der Waals surface area contributed by atoms with Gasteiger partial charge in [-0.3, -0.25) is 0 Å². The molecule has 0 atom stereocenters. The van der Waals surface area contributed by atoms with Crippen LogP contribution in [-0.4, -0.2) is 4.98 Å². The molecule has 0 unspecified atom stereocenters. The molecule has 1 heterocycles. The topological polar surface area (TPSA) is 48.7 Å². The fourth-order valence-corrected chi connectivity index (χ4v) is 2.56. The predicted octanol–water partition coefficient (Wildman–Crippen LogP) is 4.43. The van der Waals surface area contributed by atoms with Gasteiger partial charge in [-0.15, -0.1) is 11.3 Å². The second kappa shape index (κ2) is 5.55. The van der Waals surface area contributed by atoms with E-state index in [0.717, 1.165) is 22.1 Å². The van der Waals surface area contributed by atoms with Gasteiger partial charge in [-0.2, -0.15) is 5.26 Å². The maximum atomic E-state index is 8.77. The Morgan fingerprint density at radius 3 is 2.45 bits per heavy atom. The Hall–Kier alpha value is -2.64. The van der Waals surface area contributed by atoms with Crippen molar-refractivity contribution in [2.45, 2.75) is 0 Å². The third-order valence-corrected chi connectivity index (χ3v) is 3.60. The first-order chi connectivity index (χ1) is 9.85. The molecule has 96 valence electrons. The van der Waals surface area contributed by atoms with E-state index in [0.29, 0.717) is 5.56 Å². The molecule has 4 heteroatoms. The van der Waals surface area contributed by atoms with Crippen molar-refractivity contribution in [3.8, 4) is 17.3 Å². The molecule has 0 aliphatic carbocycles. The second-order valence-electron chi connectivity index (χ2n) is 4.22. The minimum atomic E-state index is 0.652. The Morgan fingerprint density at radius 2 is 1.75 bits per heavy atom. The predicted molar refractivity (Wildman–Crippen MR) is 82.0 cm³/mol. The van der Waals surface area contributed by atoms with E-state index in [4.69, 9.17) is 5.26 Å². The Kier molecular flexibility index (Phi) is 3.44. The van der Waals surface area contributed by atoms with Crippen molar-refractivity contribution in [2.24, 2.45) is 0 Å². The van der Waals surface area contributed by atoms with Gasteiger partial charge in [0.15, 0.2) is 5.13 Å². The van der Waals surface area contributed by atoms with E-state index in [1.165, 1.54) is 0 Å². The van der Waals surface area contributed by atoms with Gasteiger partial charge in [-0.1, -0.05) is 30.3 Å². The summed E-state index contributed by atoms with van der Waals surface area (Å²) in [6.45, 7) is 0. The van der Waals surface area contributed by atoms with Gasteiger partial charge < -0.3 is 5.32 Å². The molecular weight excluding hydrogens is 266 g/mol. The Balaban J connectivity index is 1.79. The van der Waals surface area contributed by atoms with Gasteiger partial charge in [0.05, 0.1) is 17.3 Å². The molecule has 20 heavy (non-hydrogen) atoms. The summed E-state index contributed by atoms with van der Waals surface area (Å²) in [7, 11) is 0. The van der Waals surface area contributed by atoms with E-state index in [9.17, 15) is 0 Å². The number of rotatable bonds is 3. The summed E-state index contributed by atoms with van der Waals surface area (Å²) in [5.74, 6) is 0. The first kappa shape index (κ1) is 12.4. The second-order valence-corrected chi connectivity index (χ2v) is 5.08. The highest BCUT2D eigenvalue weighted by Crippen LogP contribution is 2.26. The summed E-state index contributed by atoms with van der Waals surface area (Å²) in [5, 5.41) is 14.9. The molecule has 2 aromatic carbocycles. The van der Waals surface area contributed by atoms with Crippen LogP contribution in [0.2, 0.25) is 0 Å². The molecular formula is C16H11N3S. The van der Waals surface area contributed by atoms with Crippen LogP contribution in [0.3, 0.4) is 0 Å². The fraction of sp³-hybridized carbons (Fsp3) is 0. The van der Waals surface area contributed by atoms with Crippen LogP contribution in [0.25, 0.3) is 11.3 Å². The summed E-state index contributed by atoms with van der Waals surface area (Å²) >= 11 is 1.56. The van der Waals surface area contributed by atoms with Crippen LogP contribution in [-0.2, 0) is 0 Å². The number of hydrogen-bond donors (Lipinski definition) is 1. The third kappa shape index (κ3) is 2.68. The lowest BCUT2D eigenvalue weighted by atomic mass is 10.2. The van der Waals surface area contributed by atoms with Gasteiger partial charge in [-0.05, 0) is 24.3 Å². The molecule has 3 aromatic rings. The monoisotopic (exact) mass is 277 g/mol. The maximum absolute atomic E-state index is 8.77. The first-order valence-corrected chi connectivity index (χ1v) is 7.01. The van der Waals surface area contributed by atoms with Crippen LogP contribution in [0.1, 0.15) is 5.56 Å². The van der Waals surface area contributed by atoms with Crippen molar-refractivity contribution in [3.05, 3.63) is 65.5 Å². The van der Waals surface area contributed by atoms with Crippen LogP contribution < -0.4 is 5.32 Å². The summed E-state index contributed by atoms with van der Waals surface area (Å²) < 4.78 is 0. The molecule has 0 fully saturated rings. The number of thiazole rings is 1. The van der Waals surface area contributed by atoms with Crippen molar-refractivity contribution >= 4 is 22.2 Å². The van der Waals surface area contributed by atoms with Crippen LogP contribution >= 0.6 is 11.3 Å². The zero-order valence-electron chi connectivity index (χ0n) is 10.6. The Bertz CT molecular complexity index is 739. The molecule has 0 aliphatic rings.